The van der Waals surface area contributed by atoms with Crippen molar-refractivity contribution in [3.8, 4) is 11.5 Å². The number of para-hydroxylation sites is 6. The molecule has 12 aromatic carbocycles. The Morgan fingerprint density at radius 2 is 0.558 bits per heavy atom. The fourth-order valence-corrected chi connectivity index (χ4v) is 16.6. The van der Waals surface area contributed by atoms with Gasteiger partial charge in [0, 0.05) is 80.0 Å². The van der Waals surface area contributed by atoms with E-state index < -0.39 is 0 Å². The van der Waals surface area contributed by atoms with Crippen LogP contribution in [-0.4, -0.2) is 13.4 Å². The van der Waals surface area contributed by atoms with Crippen LogP contribution in [0.3, 0.4) is 0 Å². The quantitative estimate of drug-likeness (QED) is 0.134. The summed E-state index contributed by atoms with van der Waals surface area (Å²) in [4.78, 5) is 12.8. The van der Waals surface area contributed by atoms with Crippen molar-refractivity contribution < 1.29 is 4.74 Å². The van der Waals surface area contributed by atoms with E-state index in [1.54, 1.807) is 0 Å². The first-order valence-electron chi connectivity index (χ1n) is 37.5. The third kappa shape index (κ3) is 11.7. The molecular weight excluding hydrogens is 1260 g/mol. The van der Waals surface area contributed by atoms with Gasteiger partial charge in [0.25, 0.3) is 13.4 Å². The Bertz CT molecular complexity index is 5200. The Morgan fingerprint density at radius 3 is 0.952 bits per heavy atom. The summed E-state index contributed by atoms with van der Waals surface area (Å²) in [6, 6.07) is 98.8. The maximum absolute atomic E-state index is 7.83. The maximum atomic E-state index is 7.83. The van der Waals surface area contributed by atoms with E-state index in [1.807, 2.05) is 0 Å². The molecule has 0 N–H and O–H groups in total. The van der Waals surface area contributed by atoms with Crippen molar-refractivity contribution >= 4 is 132 Å². The first-order chi connectivity index (χ1) is 49.4. The number of nitrogens with zero attached hydrogens (tertiary/aromatic N) is 5. The normalized spacial score (nSPS) is 13.8. The van der Waals surface area contributed by atoms with Crippen LogP contribution in [0, 0.1) is 0 Å². The smallest absolute Gasteiger partial charge is 0.256 e. The molecule has 16 rings (SSSR count). The minimum absolute atomic E-state index is 0.164. The molecule has 0 spiro atoms. The topological polar surface area (TPSA) is 25.4 Å². The predicted octanol–water partition coefficient (Wildman–Crippen LogP) is 22.9. The first kappa shape index (κ1) is 68.0. The van der Waals surface area contributed by atoms with E-state index in [1.165, 1.54) is 66.4 Å². The second-order valence-corrected chi connectivity index (χ2v) is 35.6. The summed E-state index contributed by atoms with van der Waals surface area (Å²) in [5, 5.41) is 0. The molecule has 0 unspecified atom stereocenters. The molecule has 0 amide bonds. The number of hydrogen-bond donors (Lipinski definition) is 0. The Balaban J connectivity index is 1.10. The van der Waals surface area contributed by atoms with E-state index in [9.17, 15) is 0 Å². The molecule has 104 heavy (non-hydrogen) atoms. The van der Waals surface area contributed by atoms with Crippen LogP contribution in [0.4, 0.5) is 85.3 Å². The zero-order valence-corrected chi connectivity index (χ0v) is 64.1. The highest BCUT2D eigenvalue weighted by atomic mass is 16.5. The van der Waals surface area contributed by atoms with Crippen molar-refractivity contribution in [1.29, 1.82) is 0 Å². The summed E-state index contributed by atoms with van der Waals surface area (Å²) >= 11 is 0. The molecule has 0 fully saturated rings. The molecule has 0 aliphatic carbocycles. The summed E-state index contributed by atoms with van der Waals surface area (Å²) < 4.78 is 7.83. The van der Waals surface area contributed by atoms with Gasteiger partial charge in [0.1, 0.15) is 11.5 Å². The zero-order chi connectivity index (χ0) is 72.9. The third-order valence-electron chi connectivity index (χ3n) is 22.0. The van der Waals surface area contributed by atoms with Crippen LogP contribution in [0.2, 0.25) is 0 Å². The molecule has 0 aromatic heterocycles. The lowest BCUT2D eigenvalue weighted by atomic mass is 9.29. The van der Waals surface area contributed by atoms with Crippen molar-refractivity contribution in [2.75, 3.05) is 24.5 Å². The van der Waals surface area contributed by atoms with E-state index in [2.05, 4.69) is 410 Å². The Labute approximate surface area is 619 Å². The number of benzene rings is 12. The van der Waals surface area contributed by atoms with Gasteiger partial charge in [-0.2, -0.15) is 0 Å². The second-order valence-electron chi connectivity index (χ2n) is 35.6. The summed E-state index contributed by atoms with van der Waals surface area (Å²) in [7, 11) is 0. The Morgan fingerprint density at radius 1 is 0.240 bits per heavy atom. The molecule has 0 saturated carbocycles. The van der Waals surface area contributed by atoms with Crippen molar-refractivity contribution in [3.05, 3.63) is 294 Å². The van der Waals surface area contributed by atoms with Gasteiger partial charge in [0.05, 0.1) is 11.4 Å². The number of anilines is 15. The molecule has 0 radical (unpaired) electrons. The Hall–Kier alpha value is -10.4. The average molecular weight is 1360 g/mol. The maximum Gasteiger partial charge on any atom is 0.256 e. The van der Waals surface area contributed by atoms with Crippen LogP contribution in [0.1, 0.15) is 158 Å². The van der Waals surface area contributed by atoms with Crippen LogP contribution in [0.25, 0.3) is 0 Å². The average Bonchev–Trinajstić information content (AvgIpc) is 0.676. The van der Waals surface area contributed by atoms with Gasteiger partial charge in [-0.15, -0.1) is 0 Å². The third-order valence-corrected chi connectivity index (χ3v) is 22.0. The first-order valence-corrected chi connectivity index (χ1v) is 37.5. The van der Waals surface area contributed by atoms with Gasteiger partial charge >= 0.3 is 0 Å². The molecule has 4 heterocycles. The van der Waals surface area contributed by atoms with Crippen molar-refractivity contribution in [2.24, 2.45) is 0 Å². The van der Waals surface area contributed by atoms with Crippen LogP contribution in [0.15, 0.2) is 261 Å². The zero-order valence-electron chi connectivity index (χ0n) is 64.1. The number of ether oxygens (including phenoxy) is 1. The molecule has 518 valence electrons. The second kappa shape index (κ2) is 24.6. The van der Waals surface area contributed by atoms with Crippen LogP contribution < -0.4 is 62.0 Å². The lowest BCUT2D eigenvalue weighted by molar-refractivity contribution is 0.479. The van der Waals surface area contributed by atoms with Crippen LogP contribution >= 0.6 is 0 Å². The highest BCUT2D eigenvalue weighted by Gasteiger charge is 2.51. The highest BCUT2D eigenvalue weighted by Crippen LogP contribution is 2.54. The van der Waals surface area contributed by atoms with Gasteiger partial charge in [-0.25, -0.2) is 0 Å². The number of hydrogen-bond acceptors (Lipinski definition) is 6. The number of rotatable bonds is 9. The Kier molecular flexibility index (Phi) is 16.1. The molecule has 4 aliphatic heterocycles. The molecule has 12 aromatic rings. The molecule has 8 heteroatoms. The SMILES string of the molecule is CC(C)(C)c1cc(N2c3cc(N(c4ccccc4)c4ccccc4)cc4c3B(c3cc5c(cc3N4c3ccccc3)N(c3ccccc3)c3cc(N(c4ccccc4)c4ccccc4)cc4c3B5c3c(cc(C(C)(C)C)cc3C(C)(C)C)O4)c3c2cc(C(C)(C)C)cc3C(C)(C)C)cc(C(C)(C)C)c1. The summed E-state index contributed by atoms with van der Waals surface area (Å²) in [6.45, 7) is 42.4. The number of fused-ring (bicyclic) bond motifs is 8. The van der Waals surface area contributed by atoms with Crippen molar-refractivity contribution in [3.63, 3.8) is 0 Å². The highest BCUT2D eigenvalue weighted by molar-refractivity contribution is 7.03. The molecule has 0 atom stereocenters. The minimum Gasteiger partial charge on any atom is -0.458 e. The van der Waals surface area contributed by atoms with E-state index in [4.69, 9.17) is 4.74 Å². The molecule has 4 aliphatic rings. The standard InChI is InChI=1S/C96H97B2N5O/c1-91(2,3)62-49-63(92(4,5)6)51-72(50-62)103-81-54-64(93(7,8)9)52-75(95(13,14)15)87(81)97-77-60-78-80(61-79(77)101(70-45-33-23-34-46-70)82-56-73(57-83(103)89(82)97)99(66-37-25-19-26-38-66)67-39-27-20-28-40-67)102(71-47-35-24-36-48-71)84-58-74(100(68-41-29-21-30-42-68)69-43-31-22-32-44-69)59-86-90(84)98(78)88-76(96(16,17)18)53-65(94(10,11)12)55-85(88)104-86/h19-61H,1-18H3. The van der Waals surface area contributed by atoms with Crippen molar-refractivity contribution in [1.82, 2.24) is 0 Å². The summed E-state index contributed by atoms with van der Waals surface area (Å²) in [6.07, 6.45) is 0. The minimum atomic E-state index is -0.310. The molecular formula is C96H97B2N5O. The lowest BCUT2D eigenvalue weighted by Crippen LogP contribution is -2.66. The van der Waals surface area contributed by atoms with Gasteiger partial charge in [0.2, 0.25) is 0 Å². The predicted molar refractivity (Wildman–Crippen MR) is 448 cm³/mol. The molecule has 6 nitrogen and oxygen atoms in total. The summed E-state index contributed by atoms with van der Waals surface area (Å²) in [5.41, 5.74) is 30.4. The van der Waals surface area contributed by atoms with Gasteiger partial charge in [-0.05, 0) is 220 Å². The van der Waals surface area contributed by atoms with Crippen LogP contribution in [-0.2, 0) is 32.5 Å². The summed E-state index contributed by atoms with van der Waals surface area (Å²) in [5.74, 6) is 1.76. The monoisotopic (exact) mass is 1360 g/mol. The van der Waals surface area contributed by atoms with Gasteiger partial charge in [-0.1, -0.05) is 258 Å². The van der Waals surface area contributed by atoms with Crippen LogP contribution in [0.5, 0.6) is 11.5 Å². The van der Waals surface area contributed by atoms with E-state index in [-0.39, 0.29) is 45.9 Å². The van der Waals surface area contributed by atoms with Gasteiger partial charge in [-0.3, -0.25) is 0 Å². The van der Waals surface area contributed by atoms with E-state index in [0.717, 1.165) is 96.6 Å². The fraction of sp³-hybridized carbons (Fsp3) is 0.250. The van der Waals surface area contributed by atoms with E-state index in [0.29, 0.717) is 0 Å². The molecule has 0 bridgehead atoms. The van der Waals surface area contributed by atoms with E-state index >= 15 is 0 Å². The van der Waals surface area contributed by atoms with Gasteiger partial charge in [0.15, 0.2) is 0 Å². The van der Waals surface area contributed by atoms with Gasteiger partial charge < -0.3 is 29.2 Å². The van der Waals surface area contributed by atoms with Crippen molar-refractivity contribution in [2.45, 2.75) is 157 Å². The lowest BCUT2D eigenvalue weighted by Gasteiger charge is -2.48. The largest absolute Gasteiger partial charge is 0.458 e. The fourth-order valence-electron chi connectivity index (χ4n) is 16.6. The molecule has 0 saturated heterocycles.